The van der Waals surface area contributed by atoms with Crippen LogP contribution in [0.1, 0.15) is 12.0 Å². The normalized spacial score (nSPS) is 9.93. The van der Waals surface area contributed by atoms with Crippen LogP contribution in [0.5, 0.6) is 0 Å². The molecule has 0 heterocycles. The molecule has 0 saturated carbocycles. The summed E-state index contributed by atoms with van der Waals surface area (Å²) in [6, 6.07) is 4.36. The van der Waals surface area contributed by atoms with Crippen LogP contribution < -0.4 is 0 Å². The quantitative estimate of drug-likeness (QED) is 0.600. The first-order chi connectivity index (χ1) is 7.29. The van der Waals surface area contributed by atoms with Gasteiger partial charge >= 0.3 is 5.69 Å². The summed E-state index contributed by atoms with van der Waals surface area (Å²) >= 11 is 0. The summed E-state index contributed by atoms with van der Waals surface area (Å²) in [7, 11) is 0. The summed E-state index contributed by atoms with van der Waals surface area (Å²) in [4.78, 5) is 2.86. The number of diazo groups is 1. The largest absolute Gasteiger partial charge is 0.425 e. The summed E-state index contributed by atoms with van der Waals surface area (Å²) in [5.74, 6) is -0.583. The minimum atomic E-state index is -0.583. The summed E-state index contributed by atoms with van der Waals surface area (Å²) in [5.41, 5.74) is 0.386. The van der Waals surface area contributed by atoms with Crippen molar-refractivity contribution in [3.8, 4) is 0 Å². The van der Waals surface area contributed by atoms with Crippen LogP contribution >= 0.6 is 0 Å². The van der Waals surface area contributed by atoms with Crippen molar-refractivity contribution in [2.45, 2.75) is 13.0 Å². The van der Waals surface area contributed by atoms with Crippen molar-refractivity contribution in [3.63, 3.8) is 0 Å². The summed E-state index contributed by atoms with van der Waals surface area (Å²) < 4.78 is 18.2. The minimum Gasteiger partial charge on any atom is -0.396 e. The first-order valence-electron chi connectivity index (χ1n) is 4.60. The van der Waals surface area contributed by atoms with Crippen LogP contribution in [-0.4, -0.2) is 18.3 Å². The Balaban J connectivity index is 2.61. The number of aliphatic hydroxyl groups excluding tert-OH is 1. The van der Waals surface area contributed by atoms with Crippen molar-refractivity contribution in [1.29, 1.82) is 5.39 Å². The lowest BCUT2D eigenvalue weighted by Gasteiger charge is -2.00. The Morgan fingerprint density at radius 1 is 1.47 bits per heavy atom. The van der Waals surface area contributed by atoms with Gasteiger partial charge in [0.05, 0.1) is 12.2 Å². The van der Waals surface area contributed by atoms with Gasteiger partial charge in [0.25, 0.3) is 0 Å². The van der Waals surface area contributed by atoms with Gasteiger partial charge in [-0.1, -0.05) is 6.07 Å². The highest BCUT2D eigenvalue weighted by Gasteiger charge is 2.19. The van der Waals surface area contributed by atoms with Crippen molar-refractivity contribution in [3.05, 3.63) is 34.6 Å². The fourth-order valence-corrected chi connectivity index (χ4v) is 1.14. The second-order valence-electron chi connectivity index (χ2n) is 2.98. The molecule has 1 rings (SSSR count). The van der Waals surface area contributed by atoms with Crippen molar-refractivity contribution < 1.29 is 14.2 Å². The van der Waals surface area contributed by atoms with E-state index in [1.807, 2.05) is 0 Å². The van der Waals surface area contributed by atoms with E-state index in [1.54, 1.807) is 6.07 Å². The molecule has 80 valence electrons. The molecule has 5 heteroatoms. The van der Waals surface area contributed by atoms with Crippen molar-refractivity contribution in [2.75, 3.05) is 13.2 Å². The maximum atomic E-state index is 13.1. The molecule has 1 N–H and O–H groups in total. The maximum absolute atomic E-state index is 13.1. The molecule has 0 spiro atoms. The first-order valence-corrected chi connectivity index (χ1v) is 4.60. The minimum absolute atomic E-state index is 0.0559. The van der Waals surface area contributed by atoms with E-state index in [-0.39, 0.29) is 18.9 Å². The highest BCUT2D eigenvalue weighted by Crippen LogP contribution is 2.23. The second kappa shape index (κ2) is 6.06. The number of halogens is 1. The van der Waals surface area contributed by atoms with Gasteiger partial charge in [-0.05, 0) is 18.6 Å². The highest BCUT2D eigenvalue weighted by atomic mass is 19.1. The number of aliphatic hydroxyl groups is 1. The van der Waals surface area contributed by atoms with E-state index >= 15 is 0 Å². The zero-order valence-electron chi connectivity index (χ0n) is 8.19. The van der Waals surface area contributed by atoms with E-state index in [4.69, 9.17) is 15.2 Å². The molecule has 0 radical (unpaired) electrons. The molecular formula is C10H12FN2O2+. The second-order valence-corrected chi connectivity index (χ2v) is 2.98. The van der Waals surface area contributed by atoms with Crippen molar-refractivity contribution >= 4 is 5.69 Å². The van der Waals surface area contributed by atoms with Crippen LogP contribution in [0.3, 0.4) is 0 Å². The van der Waals surface area contributed by atoms with Crippen molar-refractivity contribution in [1.82, 2.24) is 0 Å². The third-order valence-corrected chi connectivity index (χ3v) is 1.87. The number of benzene rings is 1. The average Bonchev–Trinajstić information content (AvgIpc) is 2.24. The van der Waals surface area contributed by atoms with Crippen LogP contribution in [0.25, 0.3) is 4.98 Å². The van der Waals surface area contributed by atoms with Gasteiger partial charge in [0.15, 0.2) is 4.98 Å². The van der Waals surface area contributed by atoms with Crippen LogP contribution in [-0.2, 0) is 11.3 Å². The summed E-state index contributed by atoms with van der Waals surface area (Å²) in [6.07, 6.45) is 0.529. The van der Waals surface area contributed by atoms with Gasteiger partial charge in [-0.2, -0.15) is 4.39 Å². The fourth-order valence-electron chi connectivity index (χ4n) is 1.14. The van der Waals surface area contributed by atoms with E-state index in [1.165, 1.54) is 12.1 Å². The Morgan fingerprint density at radius 2 is 2.27 bits per heavy atom. The monoisotopic (exact) mass is 211 g/mol. The Bertz CT molecular complexity index is 363. The van der Waals surface area contributed by atoms with Gasteiger partial charge in [0.2, 0.25) is 11.2 Å². The van der Waals surface area contributed by atoms with E-state index in [2.05, 4.69) is 4.98 Å². The number of ether oxygens (including phenoxy) is 1. The Kier molecular flexibility index (Phi) is 4.68. The van der Waals surface area contributed by atoms with Gasteiger partial charge in [0.1, 0.15) is 0 Å². The molecule has 0 aliphatic heterocycles. The molecule has 0 bridgehead atoms. The zero-order chi connectivity index (χ0) is 11.1. The Morgan fingerprint density at radius 3 is 2.93 bits per heavy atom. The standard InChI is InChI=1S/C10H12FN2O2/c11-9-4-1-3-8(10(9)13-12)7-15-6-2-5-14/h1,3-4,14H,2,5-7H2/q+1. The molecule has 0 saturated heterocycles. The number of rotatable bonds is 5. The molecule has 0 fully saturated rings. The van der Waals surface area contributed by atoms with Gasteiger partial charge < -0.3 is 9.84 Å². The topological polar surface area (TPSA) is 57.6 Å². The van der Waals surface area contributed by atoms with Gasteiger partial charge in [-0.3, -0.25) is 0 Å². The molecule has 1 aromatic rings. The van der Waals surface area contributed by atoms with E-state index in [9.17, 15) is 4.39 Å². The molecule has 0 unspecified atom stereocenters. The lowest BCUT2D eigenvalue weighted by atomic mass is 10.2. The highest BCUT2D eigenvalue weighted by molar-refractivity contribution is 5.52. The van der Waals surface area contributed by atoms with Gasteiger partial charge in [-0.25, -0.2) is 0 Å². The van der Waals surface area contributed by atoms with E-state index in [0.29, 0.717) is 18.6 Å². The smallest absolute Gasteiger partial charge is 0.396 e. The van der Waals surface area contributed by atoms with Gasteiger partial charge in [0, 0.05) is 13.2 Å². The van der Waals surface area contributed by atoms with Crippen molar-refractivity contribution in [2.24, 2.45) is 0 Å². The molecule has 0 atom stereocenters. The number of nitrogens with zero attached hydrogens (tertiary/aromatic N) is 2. The third kappa shape index (κ3) is 3.27. The molecular weight excluding hydrogens is 199 g/mol. The molecule has 1 aromatic carbocycles. The Labute approximate surface area is 86.9 Å². The van der Waals surface area contributed by atoms with Crippen LogP contribution in [0.15, 0.2) is 18.2 Å². The predicted octanol–water partition coefficient (Wildman–Crippen LogP) is 2.21. The fraction of sp³-hybridized carbons (Fsp3) is 0.400. The van der Waals surface area contributed by atoms with E-state index in [0.717, 1.165) is 0 Å². The van der Waals surface area contributed by atoms with Crippen LogP contribution in [0.2, 0.25) is 0 Å². The zero-order valence-corrected chi connectivity index (χ0v) is 8.19. The molecule has 0 aliphatic rings. The maximum Gasteiger partial charge on any atom is 0.425 e. The van der Waals surface area contributed by atoms with Crippen LogP contribution in [0, 0.1) is 11.2 Å². The SMILES string of the molecule is N#[N+]c1c(F)cccc1COCCCO. The van der Waals surface area contributed by atoms with Crippen LogP contribution in [0.4, 0.5) is 10.1 Å². The molecule has 15 heavy (non-hydrogen) atoms. The molecule has 0 aliphatic carbocycles. The lowest BCUT2D eigenvalue weighted by molar-refractivity contribution is 0.104. The molecule has 0 amide bonds. The summed E-state index contributed by atoms with van der Waals surface area (Å²) in [5, 5.41) is 17.1. The van der Waals surface area contributed by atoms with Gasteiger partial charge in [-0.15, -0.1) is 0 Å². The average molecular weight is 211 g/mol. The van der Waals surface area contributed by atoms with E-state index < -0.39 is 5.82 Å². The molecule has 4 nitrogen and oxygen atoms in total. The summed E-state index contributed by atoms with van der Waals surface area (Å²) in [6.45, 7) is 0.607. The molecule has 0 aromatic heterocycles. The number of hydrogen-bond acceptors (Lipinski definition) is 3. The number of hydrogen-bond donors (Lipinski definition) is 1. The lowest BCUT2D eigenvalue weighted by Crippen LogP contribution is -1.98. The predicted molar refractivity (Wildman–Crippen MR) is 52.5 cm³/mol. The Hall–Kier alpha value is -1.51. The third-order valence-electron chi connectivity index (χ3n) is 1.87. The first kappa shape index (κ1) is 11.6.